The summed E-state index contributed by atoms with van der Waals surface area (Å²) in [6.07, 6.45) is 1.11. The van der Waals surface area contributed by atoms with Gasteiger partial charge >= 0.3 is 0 Å². The Morgan fingerprint density at radius 3 is 2.30 bits per heavy atom. The average Bonchev–Trinajstić information content (AvgIpc) is 3.17. The summed E-state index contributed by atoms with van der Waals surface area (Å²) in [5.41, 5.74) is 5.79. The number of hydrogen-bond donors (Lipinski definition) is 3. The summed E-state index contributed by atoms with van der Waals surface area (Å²) in [7, 11) is 3.17. The molecule has 0 atom stereocenters. The van der Waals surface area contributed by atoms with Crippen molar-refractivity contribution in [3.63, 3.8) is 0 Å². The molecule has 1 aliphatic rings. The number of anilines is 2. The van der Waals surface area contributed by atoms with Gasteiger partial charge in [-0.1, -0.05) is 49.4 Å². The molecule has 3 aromatic rings. The highest BCUT2D eigenvalue weighted by Gasteiger charge is 2.30. The Kier molecular flexibility index (Phi) is 6.95. The third-order valence-electron chi connectivity index (χ3n) is 5.56. The summed E-state index contributed by atoms with van der Waals surface area (Å²) < 4.78 is 10.9. The molecule has 6 nitrogen and oxygen atoms in total. The van der Waals surface area contributed by atoms with E-state index in [1.807, 2.05) is 48.5 Å². The summed E-state index contributed by atoms with van der Waals surface area (Å²) in [4.78, 5) is 13.1. The molecule has 0 unspecified atom stereocenters. The van der Waals surface area contributed by atoms with Crippen molar-refractivity contribution < 1.29 is 14.3 Å². The predicted octanol–water partition coefficient (Wildman–Crippen LogP) is 5.14. The molecule has 0 saturated heterocycles. The van der Waals surface area contributed by atoms with Gasteiger partial charge < -0.3 is 25.4 Å². The first kappa shape index (κ1) is 22.4. The van der Waals surface area contributed by atoms with Crippen molar-refractivity contribution in [1.82, 2.24) is 5.32 Å². The van der Waals surface area contributed by atoms with Gasteiger partial charge in [-0.15, -0.1) is 0 Å². The molecule has 0 radical (unpaired) electrons. The van der Waals surface area contributed by atoms with Crippen LogP contribution in [0.15, 0.2) is 66.7 Å². The molecule has 0 spiro atoms. The number of rotatable bonds is 9. The second-order valence-corrected chi connectivity index (χ2v) is 7.82. The Labute approximate surface area is 194 Å². The quantitative estimate of drug-likeness (QED) is 0.316. The maximum absolute atomic E-state index is 13.1. The van der Waals surface area contributed by atoms with Crippen LogP contribution in [0.4, 0.5) is 11.4 Å². The minimum atomic E-state index is -0.174. The standard InChI is InChI=1S/C27H29N3O3/c1-4-14-28-17-18-10-12-20(13-11-18)29-26(19-8-6-5-7-9-19)25-21-15-23(32-2)24(33-3)16-22(21)30-27(25)31/h5-13,15-16,28-29H,4,14,17H2,1-3H3,(H,30,31). The lowest BCUT2D eigenvalue weighted by Crippen LogP contribution is -2.13. The van der Waals surface area contributed by atoms with E-state index in [1.165, 1.54) is 5.56 Å². The molecule has 1 aliphatic heterocycles. The van der Waals surface area contributed by atoms with Crippen LogP contribution in [-0.4, -0.2) is 26.7 Å². The number of hydrogen-bond acceptors (Lipinski definition) is 5. The maximum Gasteiger partial charge on any atom is 0.258 e. The third kappa shape index (κ3) is 4.86. The molecule has 0 aromatic heterocycles. The van der Waals surface area contributed by atoms with E-state index in [4.69, 9.17) is 9.47 Å². The molecular weight excluding hydrogens is 414 g/mol. The fraction of sp³-hybridized carbons (Fsp3) is 0.222. The highest BCUT2D eigenvalue weighted by Crippen LogP contribution is 2.43. The van der Waals surface area contributed by atoms with E-state index >= 15 is 0 Å². The van der Waals surface area contributed by atoms with Gasteiger partial charge in [-0.25, -0.2) is 0 Å². The number of fused-ring (bicyclic) bond motifs is 1. The summed E-state index contributed by atoms with van der Waals surface area (Å²) in [6.45, 7) is 3.98. The summed E-state index contributed by atoms with van der Waals surface area (Å²) >= 11 is 0. The molecule has 6 heteroatoms. The molecule has 3 aromatic carbocycles. The predicted molar refractivity (Wildman–Crippen MR) is 133 cm³/mol. The van der Waals surface area contributed by atoms with Crippen molar-refractivity contribution in [2.45, 2.75) is 19.9 Å². The van der Waals surface area contributed by atoms with Gasteiger partial charge in [0, 0.05) is 23.9 Å². The van der Waals surface area contributed by atoms with E-state index < -0.39 is 0 Å². The van der Waals surface area contributed by atoms with Crippen LogP contribution >= 0.6 is 0 Å². The van der Waals surface area contributed by atoms with Crippen LogP contribution in [0, 0.1) is 0 Å². The van der Waals surface area contributed by atoms with E-state index in [-0.39, 0.29) is 5.91 Å². The topological polar surface area (TPSA) is 71.6 Å². The van der Waals surface area contributed by atoms with Gasteiger partial charge in [-0.2, -0.15) is 0 Å². The van der Waals surface area contributed by atoms with Gasteiger partial charge in [0.15, 0.2) is 11.5 Å². The Hall–Kier alpha value is -3.77. The van der Waals surface area contributed by atoms with E-state index in [0.717, 1.165) is 42.0 Å². The highest BCUT2D eigenvalue weighted by molar-refractivity contribution is 6.37. The maximum atomic E-state index is 13.1. The first-order valence-electron chi connectivity index (χ1n) is 11.1. The largest absolute Gasteiger partial charge is 0.493 e. The van der Waals surface area contributed by atoms with Crippen LogP contribution in [0.5, 0.6) is 11.5 Å². The number of carbonyl (C=O) groups is 1. The summed E-state index contributed by atoms with van der Waals surface area (Å²) in [6, 6.07) is 21.8. The second-order valence-electron chi connectivity index (χ2n) is 7.82. The minimum absolute atomic E-state index is 0.174. The molecule has 170 valence electrons. The summed E-state index contributed by atoms with van der Waals surface area (Å²) in [5.74, 6) is 0.966. The van der Waals surface area contributed by atoms with E-state index in [9.17, 15) is 4.79 Å². The second kappa shape index (κ2) is 10.2. The van der Waals surface area contributed by atoms with Gasteiger partial charge in [0.25, 0.3) is 5.91 Å². The van der Waals surface area contributed by atoms with Crippen LogP contribution in [0.1, 0.15) is 30.0 Å². The van der Waals surface area contributed by atoms with Crippen molar-refractivity contribution >= 4 is 28.6 Å². The third-order valence-corrected chi connectivity index (χ3v) is 5.56. The van der Waals surface area contributed by atoms with Crippen LogP contribution in [0.3, 0.4) is 0 Å². The molecule has 4 rings (SSSR count). The SMILES string of the molecule is CCCNCc1ccc(NC(=C2C(=O)Nc3cc(OC)c(OC)cc32)c2ccccc2)cc1. The monoisotopic (exact) mass is 443 g/mol. The Morgan fingerprint density at radius 1 is 0.939 bits per heavy atom. The molecule has 0 bridgehead atoms. The number of ether oxygens (including phenoxy) is 2. The molecule has 1 amide bonds. The zero-order valence-electron chi connectivity index (χ0n) is 19.2. The van der Waals surface area contributed by atoms with Gasteiger partial charge in [0.2, 0.25) is 0 Å². The molecule has 0 fully saturated rings. The van der Waals surface area contributed by atoms with Crippen molar-refractivity contribution in [2.75, 3.05) is 31.4 Å². The van der Waals surface area contributed by atoms with Crippen molar-refractivity contribution in [3.8, 4) is 11.5 Å². The number of amides is 1. The van der Waals surface area contributed by atoms with Crippen LogP contribution in [0.25, 0.3) is 11.3 Å². The minimum Gasteiger partial charge on any atom is -0.493 e. The van der Waals surface area contributed by atoms with Crippen molar-refractivity contribution in [2.24, 2.45) is 0 Å². The number of benzene rings is 3. The fourth-order valence-corrected chi connectivity index (χ4v) is 3.89. The van der Waals surface area contributed by atoms with Crippen LogP contribution in [-0.2, 0) is 11.3 Å². The number of methoxy groups -OCH3 is 2. The Balaban J connectivity index is 1.76. The van der Waals surface area contributed by atoms with Gasteiger partial charge in [-0.05, 0) is 42.3 Å². The average molecular weight is 444 g/mol. The van der Waals surface area contributed by atoms with Gasteiger partial charge in [-0.3, -0.25) is 4.79 Å². The summed E-state index contributed by atoms with van der Waals surface area (Å²) in [5, 5.41) is 9.88. The zero-order chi connectivity index (χ0) is 23.2. The highest BCUT2D eigenvalue weighted by atomic mass is 16.5. The zero-order valence-corrected chi connectivity index (χ0v) is 19.2. The lowest BCUT2D eigenvalue weighted by atomic mass is 9.99. The number of carbonyl (C=O) groups excluding carboxylic acids is 1. The lowest BCUT2D eigenvalue weighted by molar-refractivity contribution is -0.110. The molecule has 3 N–H and O–H groups in total. The molecule has 0 aliphatic carbocycles. The molecular formula is C27H29N3O3. The Morgan fingerprint density at radius 2 is 1.64 bits per heavy atom. The van der Waals surface area contributed by atoms with Crippen molar-refractivity contribution in [1.29, 1.82) is 0 Å². The molecule has 0 saturated carbocycles. The van der Waals surface area contributed by atoms with Crippen LogP contribution in [0.2, 0.25) is 0 Å². The van der Waals surface area contributed by atoms with E-state index in [0.29, 0.717) is 22.8 Å². The fourth-order valence-electron chi connectivity index (χ4n) is 3.89. The number of nitrogens with one attached hydrogen (secondary N) is 3. The van der Waals surface area contributed by atoms with Crippen LogP contribution < -0.4 is 25.4 Å². The first-order chi connectivity index (χ1) is 16.1. The first-order valence-corrected chi connectivity index (χ1v) is 11.1. The van der Waals surface area contributed by atoms with Gasteiger partial charge in [0.05, 0.1) is 31.2 Å². The normalized spacial score (nSPS) is 13.8. The molecule has 1 heterocycles. The van der Waals surface area contributed by atoms with Gasteiger partial charge in [0.1, 0.15) is 0 Å². The Bertz CT molecular complexity index is 1160. The smallest absolute Gasteiger partial charge is 0.258 e. The van der Waals surface area contributed by atoms with E-state index in [1.54, 1.807) is 20.3 Å². The molecule has 33 heavy (non-hydrogen) atoms. The van der Waals surface area contributed by atoms with Crippen molar-refractivity contribution in [3.05, 3.63) is 83.4 Å². The lowest BCUT2D eigenvalue weighted by Gasteiger charge is -2.16. The van der Waals surface area contributed by atoms with E-state index in [2.05, 4.69) is 35.0 Å².